The minimum atomic E-state index is -1.03. The van der Waals surface area contributed by atoms with Crippen LogP contribution in [0.1, 0.15) is 243 Å². The largest absolute Gasteiger partial charge is 0.462 e. The van der Waals surface area contributed by atoms with Crippen molar-refractivity contribution in [3.05, 3.63) is 93.0 Å². The Balaban J connectivity index is 2.22. The summed E-state index contributed by atoms with van der Waals surface area (Å²) in [6.07, 6.45) is 18.6. The van der Waals surface area contributed by atoms with Gasteiger partial charge in [0.1, 0.15) is 22.6 Å². The lowest BCUT2D eigenvalue weighted by atomic mass is 9.90. The van der Waals surface area contributed by atoms with Gasteiger partial charge in [0, 0.05) is 0 Å². The minimum absolute atomic E-state index is 0.0442. The Morgan fingerprint density at radius 3 is 1.29 bits per heavy atom. The van der Waals surface area contributed by atoms with Gasteiger partial charge < -0.3 is 28.4 Å². The molecule has 0 fully saturated rings. The first-order valence-corrected chi connectivity index (χ1v) is 25.6. The molecule has 0 aliphatic heterocycles. The summed E-state index contributed by atoms with van der Waals surface area (Å²) in [5, 5.41) is 0. The highest BCUT2D eigenvalue weighted by molar-refractivity contribution is 6.09. The molecular formula is C56H78O12. The van der Waals surface area contributed by atoms with E-state index in [1.165, 1.54) is 30.3 Å². The van der Waals surface area contributed by atoms with Gasteiger partial charge in [0.25, 0.3) is 0 Å². The fraction of sp³-hybridized carbons (Fsp3) is 0.571. The number of rotatable bonds is 34. The number of carbonyl (C=O) groups is 6. The second kappa shape index (κ2) is 33.1. The van der Waals surface area contributed by atoms with E-state index in [0.717, 1.165) is 108 Å². The first-order valence-electron chi connectivity index (χ1n) is 25.6. The Morgan fingerprint density at radius 1 is 0.368 bits per heavy atom. The Kier molecular flexibility index (Phi) is 27.6. The molecule has 0 aromatic heterocycles. The van der Waals surface area contributed by atoms with Gasteiger partial charge in [0.05, 0.1) is 48.7 Å². The van der Waals surface area contributed by atoms with E-state index in [-0.39, 0.29) is 71.3 Å². The summed E-state index contributed by atoms with van der Waals surface area (Å²) in [5.41, 5.74) is 0.322. The van der Waals surface area contributed by atoms with E-state index < -0.39 is 35.8 Å². The zero-order chi connectivity index (χ0) is 49.5. The number of unbranched alkanes of at least 4 members (excludes halogenated alkanes) is 14. The van der Waals surface area contributed by atoms with Crippen molar-refractivity contribution in [2.75, 3.05) is 26.4 Å². The van der Waals surface area contributed by atoms with E-state index in [1.54, 1.807) is 18.2 Å². The van der Waals surface area contributed by atoms with Crippen molar-refractivity contribution in [2.24, 2.45) is 0 Å². The molecule has 0 spiro atoms. The van der Waals surface area contributed by atoms with Crippen LogP contribution in [0.4, 0.5) is 0 Å². The summed E-state index contributed by atoms with van der Waals surface area (Å²) in [6, 6.07) is 11.8. The highest BCUT2D eigenvalue weighted by atomic mass is 16.6. The van der Waals surface area contributed by atoms with Crippen LogP contribution in [0.25, 0.3) is 0 Å². The normalized spacial score (nSPS) is 10.9. The molecule has 3 aromatic carbocycles. The number of carbonyl (C=O) groups excluding carboxylic acids is 6. The van der Waals surface area contributed by atoms with Crippen LogP contribution in [0.5, 0.6) is 11.5 Å². The van der Waals surface area contributed by atoms with Gasteiger partial charge >= 0.3 is 35.8 Å². The van der Waals surface area contributed by atoms with Crippen molar-refractivity contribution in [1.29, 1.82) is 0 Å². The molecular weight excluding hydrogens is 865 g/mol. The molecule has 0 unspecified atom stereocenters. The average Bonchev–Trinajstić information content (AvgIpc) is 3.34. The van der Waals surface area contributed by atoms with E-state index in [9.17, 15) is 28.8 Å². The second-order valence-electron chi connectivity index (χ2n) is 17.3. The van der Waals surface area contributed by atoms with Crippen molar-refractivity contribution in [3.63, 3.8) is 0 Å². The number of esters is 6. The number of ether oxygens (including phenoxy) is 6. The van der Waals surface area contributed by atoms with E-state index >= 15 is 0 Å². The van der Waals surface area contributed by atoms with Crippen molar-refractivity contribution >= 4 is 35.8 Å². The fourth-order valence-corrected chi connectivity index (χ4v) is 7.58. The smallest absolute Gasteiger partial charge is 0.344 e. The van der Waals surface area contributed by atoms with Gasteiger partial charge in [-0.15, -0.1) is 0 Å². The minimum Gasteiger partial charge on any atom is -0.462 e. The van der Waals surface area contributed by atoms with Crippen molar-refractivity contribution in [2.45, 2.75) is 183 Å². The topological polar surface area (TPSA) is 158 Å². The summed E-state index contributed by atoms with van der Waals surface area (Å²) >= 11 is 0. The third-order valence-electron chi connectivity index (χ3n) is 11.6. The molecule has 0 aliphatic rings. The number of hydrogen-bond acceptors (Lipinski definition) is 12. The predicted octanol–water partition coefficient (Wildman–Crippen LogP) is 13.8. The predicted molar refractivity (Wildman–Crippen MR) is 264 cm³/mol. The van der Waals surface area contributed by atoms with Crippen LogP contribution in [-0.2, 0) is 31.8 Å². The fourth-order valence-electron chi connectivity index (χ4n) is 7.58. The van der Waals surface area contributed by atoms with Crippen LogP contribution in [0.15, 0.2) is 48.5 Å². The van der Waals surface area contributed by atoms with Crippen molar-refractivity contribution < 1.29 is 57.2 Å². The SMILES string of the molecule is CCCCCCCCc1cc(C(=O)OCCCC)c(C(=O)OCCCC)c(OC(=O)c2ccccc2C(=O)Oc2cccc(C(=O)OCCCC)c2C(=O)OCCCC)c1CCCCCCCC. The van der Waals surface area contributed by atoms with Crippen molar-refractivity contribution in [1.82, 2.24) is 0 Å². The van der Waals surface area contributed by atoms with Crippen LogP contribution >= 0.6 is 0 Å². The van der Waals surface area contributed by atoms with Crippen LogP contribution in [0.2, 0.25) is 0 Å². The molecule has 374 valence electrons. The lowest BCUT2D eigenvalue weighted by Gasteiger charge is -2.21. The monoisotopic (exact) mass is 943 g/mol. The zero-order valence-corrected chi connectivity index (χ0v) is 41.9. The van der Waals surface area contributed by atoms with E-state index in [2.05, 4.69) is 13.8 Å². The highest BCUT2D eigenvalue weighted by Gasteiger charge is 2.33. The summed E-state index contributed by atoms with van der Waals surface area (Å²) in [4.78, 5) is 84.2. The van der Waals surface area contributed by atoms with Crippen LogP contribution < -0.4 is 9.47 Å². The second-order valence-corrected chi connectivity index (χ2v) is 17.3. The van der Waals surface area contributed by atoms with E-state index in [0.29, 0.717) is 44.1 Å². The van der Waals surface area contributed by atoms with Gasteiger partial charge in [-0.1, -0.05) is 150 Å². The molecule has 0 saturated heterocycles. The molecule has 0 saturated carbocycles. The molecule has 0 aliphatic carbocycles. The molecule has 0 heterocycles. The summed E-state index contributed by atoms with van der Waals surface area (Å²) in [5.74, 6) is -5.58. The van der Waals surface area contributed by atoms with Gasteiger partial charge in [0.15, 0.2) is 0 Å². The molecule has 0 atom stereocenters. The van der Waals surface area contributed by atoms with Gasteiger partial charge in [-0.05, 0) is 92.8 Å². The summed E-state index contributed by atoms with van der Waals surface area (Å²) < 4.78 is 34.7. The van der Waals surface area contributed by atoms with Crippen LogP contribution in [-0.4, -0.2) is 62.2 Å². The average molecular weight is 943 g/mol. The maximum absolute atomic E-state index is 14.7. The Bertz CT molecular complexity index is 2050. The Hall–Kier alpha value is -5.52. The van der Waals surface area contributed by atoms with E-state index in [4.69, 9.17) is 28.4 Å². The molecule has 12 heteroatoms. The number of aryl methyl sites for hydroxylation is 1. The zero-order valence-electron chi connectivity index (χ0n) is 41.9. The first-order chi connectivity index (χ1) is 33.1. The molecule has 12 nitrogen and oxygen atoms in total. The van der Waals surface area contributed by atoms with Crippen molar-refractivity contribution in [3.8, 4) is 11.5 Å². The maximum Gasteiger partial charge on any atom is 0.344 e. The lowest BCUT2D eigenvalue weighted by molar-refractivity contribution is 0.0445. The molecule has 3 rings (SSSR count). The van der Waals surface area contributed by atoms with Crippen LogP contribution in [0.3, 0.4) is 0 Å². The standard InChI is InChI=1S/C56H78O12/c1-7-13-19-21-23-25-30-41-40-46(52(58)64-37-16-10-4)49(56(62)66-39-18-12-6)50(42(41)31-26-24-22-20-14-8-2)68-54(60)44-33-28-27-32-43(44)53(59)67-47-35-29-34-45(51(57)63-36-15-9-3)48(47)55(61)65-38-17-11-5/h27-29,32-35,40H,7-26,30-31,36-39H2,1-6H3. The molecule has 0 radical (unpaired) electrons. The third kappa shape index (κ3) is 18.5. The van der Waals surface area contributed by atoms with Gasteiger partial charge in [-0.2, -0.15) is 0 Å². The Labute approximate surface area is 405 Å². The lowest BCUT2D eigenvalue weighted by Crippen LogP contribution is -2.23. The van der Waals surface area contributed by atoms with Gasteiger partial charge in [-0.25, -0.2) is 28.8 Å². The quantitative estimate of drug-likeness (QED) is 0.0242. The maximum atomic E-state index is 14.7. The summed E-state index contributed by atoms with van der Waals surface area (Å²) in [6.45, 7) is 12.6. The molecule has 0 bridgehead atoms. The third-order valence-corrected chi connectivity index (χ3v) is 11.6. The Morgan fingerprint density at radius 2 is 0.779 bits per heavy atom. The van der Waals surface area contributed by atoms with E-state index in [1.807, 2.05) is 27.7 Å². The first kappa shape index (κ1) is 56.8. The summed E-state index contributed by atoms with van der Waals surface area (Å²) in [7, 11) is 0. The molecule has 68 heavy (non-hydrogen) atoms. The molecule has 3 aromatic rings. The molecule has 0 amide bonds. The molecule has 0 N–H and O–H groups in total. The highest BCUT2D eigenvalue weighted by Crippen LogP contribution is 2.36. The number of hydrogen-bond donors (Lipinski definition) is 0. The van der Waals surface area contributed by atoms with Gasteiger partial charge in [-0.3, -0.25) is 0 Å². The van der Waals surface area contributed by atoms with Gasteiger partial charge in [0.2, 0.25) is 0 Å². The number of benzene rings is 3. The van der Waals surface area contributed by atoms with Crippen LogP contribution in [0, 0.1) is 0 Å².